The van der Waals surface area contributed by atoms with Gasteiger partial charge in [-0.05, 0) is 52.6 Å². The molecule has 3 N–H and O–H groups in total. The van der Waals surface area contributed by atoms with Gasteiger partial charge in [-0.25, -0.2) is 9.97 Å². The molecule has 322 valence electrons. The Morgan fingerprint density at radius 1 is 0.877 bits per heavy atom. The lowest BCUT2D eigenvalue weighted by atomic mass is 9.71. The highest BCUT2D eigenvalue weighted by Gasteiger charge is 2.62. The lowest BCUT2D eigenvalue weighted by molar-refractivity contribution is -0.134. The molecule has 0 saturated heterocycles. The number of fused-ring (bicyclic) bond motifs is 7. The number of anilines is 1. The van der Waals surface area contributed by atoms with Crippen molar-refractivity contribution in [1.82, 2.24) is 15.3 Å². The average Bonchev–Trinajstić information content (AvgIpc) is 4.17. The minimum absolute atomic E-state index is 0.0935. The van der Waals surface area contributed by atoms with E-state index in [1.54, 1.807) is 30.5 Å². The van der Waals surface area contributed by atoms with Crippen molar-refractivity contribution in [3.8, 4) is 28.5 Å². The number of oxazole rings is 2. The maximum Gasteiger partial charge on any atom is 0.249 e. The fraction of sp³-hybridized carbons (Fsp3) is 0.241. The molecular weight excluding hydrogens is 817 g/mol. The second-order valence-corrected chi connectivity index (χ2v) is 18.2. The summed E-state index contributed by atoms with van der Waals surface area (Å²) in [7, 11) is 0. The third-order valence-corrected chi connectivity index (χ3v) is 14.1. The van der Waals surface area contributed by atoms with Crippen LogP contribution in [0.25, 0.3) is 28.3 Å². The molecule has 0 radical (unpaired) electrons. The highest BCUT2D eigenvalue weighted by atomic mass is 16.5. The van der Waals surface area contributed by atoms with E-state index in [4.69, 9.17) is 23.5 Å². The first kappa shape index (κ1) is 39.2. The number of nitrogens with zero attached hydrogens (tertiary/aromatic N) is 2. The minimum atomic E-state index is -1.56. The molecule has 11 nitrogen and oxygen atoms in total. The number of Topliss-reactive ketones (excluding diaryl/α,β-unsaturated/α-hetero) is 2. The SMILES string of the molecule is CC(C)[C@@H]1NC(=O)C(CC(=O)[C@H](O)[C@@H](CC(=O)c2ccccc2)c2ccccc2)Cc2ccc3c(c2)C24c5cccc(c5N[C@H]2O3)-c2cccc3c2C(=CC3)c2cnc(o2)-c2nc1oc24. The van der Waals surface area contributed by atoms with E-state index in [-0.39, 0.29) is 42.7 Å². The molecule has 5 aliphatic rings. The van der Waals surface area contributed by atoms with Gasteiger partial charge in [-0.1, -0.05) is 129 Å². The Bertz CT molecular complexity index is 3130. The lowest BCUT2D eigenvalue weighted by Crippen LogP contribution is -2.41. The number of amides is 1. The van der Waals surface area contributed by atoms with Crippen LogP contribution >= 0.6 is 0 Å². The summed E-state index contributed by atoms with van der Waals surface area (Å²) in [5.74, 6) is -0.818. The molecule has 0 fully saturated rings. The minimum Gasteiger partial charge on any atom is -0.469 e. The molecule has 4 aliphatic heterocycles. The number of hydrogen-bond donors (Lipinski definition) is 3. The van der Waals surface area contributed by atoms with Crippen molar-refractivity contribution < 1.29 is 33.1 Å². The first-order valence-electron chi connectivity index (χ1n) is 22.3. The molecule has 12 rings (SSSR count). The fourth-order valence-corrected chi connectivity index (χ4v) is 10.9. The molecule has 0 saturated carbocycles. The zero-order valence-corrected chi connectivity index (χ0v) is 35.7. The summed E-state index contributed by atoms with van der Waals surface area (Å²) in [4.78, 5) is 52.9. The van der Waals surface area contributed by atoms with E-state index in [1.165, 1.54) is 5.56 Å². The highest BCUT2D eigenvalue weighted by molar-refractivity contribution is 5.99. The molecule has 2 aromatic heterocycles. The number of nitrogens with one attached hydrogen (secondary N) is 2. The second-order valence-electron chi connectivity index (χ2n) is 18.2. The molecule has 7 aromatic rings. The Labute approximate surface area is 374 Å². The lowest BCUT2D eigenvalue weighted by Gasteiger charge is -2.29. The second kappa shape index (κ2) is 14.9. The van der Waals surface area contributed by atoms with E-state index in [0.717, 1.165) is 51.1 Å². The molecule has 6 atom stereocenters. The van der Waals surface area contributed by atoms with Crippen LogP contribution in [-0.4, -0.2) is 44.9 Å². The average molecular weight is 861 g/mol. The van der Waals surface area contributed by atoms with E-state index in [9.17, 15) is 19.5 Å². The number of benzene rings is 5. The fourth-order valence-electron chi connectivity index (χ4n) is 10.9. The van der Waals surface area contributed by atoms with Gasteiger partial charge in [0.05, 0.1) is 6.20 Å². The summed E-state index contributed by atoms with van der Waals surface area (Å²) in [6.45, 7) is 3.95. The molecule has 65 heavy (non-hydrogen) atoms. The van der Waals surface area contributed by atoms with Crippen molar-refractivity contribution in [2.24, 2.45) is 11.8 Å². The van der Waals surface area contributed by atoms with Crippen molar-refractivity contribution in [2.75, 3.05) is 5.32 Å². The Kier molecular flexibility index (Phi) is 8.97. The Morgan fingerprint density at radius 3 is 2.48 bits per heavy atom. The van der Waals surface area contributed by atoms with Gasteiger partial charge >= 0.3 is 0 Å². The van der Waals surface area contributed by atoms with Crippen molar-refractivity contribution in [2.45, 2.75) is 69.2 Å². The zero-order valence-electron chi connectivity index (χ0n) is 35.7. The molecule has 10 bridgehead atoms. The maximum atomic E-state index is 14.8. The normalized spacial score (nSPS) is 21.4. The number of aromatic nitrogens is 2. The van der Waals surface area contributed by atoms with Crippen LogP contribution in [0.2, 0.25) is 0 Å². The molecule has 1 spiro atoms. The van der Waals surface area contributed by atoms with Gasteiger partial charge in [-0.3, -0.25) is 14.4 Å². The summed E-state index contributed by atoms with van der Waals surface area (Å²) in [5.41, 5.74) is 9.22. The van der Waals surface area contributed by atoms with Crippen LogP contribution in [0.3, 0.4) is 0 Å². The Hall–Kier alpha value is -7.37. The van der Waals surface area contributed by atoms with Gasteiger partial charge in [0.15, 0.2) is 35.0 Å². The molecule has 1 aliphatic carbocycles. The standard InChI is InChI=1S/C54H44N4O7/c1-28(2)45-52-57-47-49(65-52)54-38-18-10-17-35(34-16-9-15-32-20-21-36(44(32)34)43-27-55-51(47)63-43)46(38)58-53(54)64-42-22-19-29(24-39(42)54)23-33(50(62)56-45)25-41(60)48(61)37(30-11-5-3-6-12-30)26-40(59)31-13-7-4-8-14-31/h3-19,21-22,24,27-28,33,37,45,48,53,58,61H,20,23,25-26H2,1-2H3,(H,56,62)/t33?,37-,45-,48+,53-,54?/m0/s1. The number of hydrogen-bond acceptors (Lipinski definition) is 10. The number of para-hydroxylation sites is 1. The van der Waals surface area contributed by atoms with Gasteiger partial charge in [-0.2, -0.15) is 0 Å². The molecule has 11 heteroatoms. The summed E-state index contributed by atoms with van der Waals surface area (Å²) < 4.78 is 20.7. The van der Waals surface area contributed by atoms with Crippen molar-refractivity contribution >= 4 is 28.7 Å². The third kappa shape index (κ3) is 6.01. The van der Waals surface area contributed by atoms with Crippen LogP contribution in [0.4, 0.5) is 5.69 Å². The molecular formula is C54H44N4O7. The molecule has 5 aromatic carbocycles. The monoisotopic (exact) mass is 860 g/mol. The molecule has 2 unspecified atom stereocenters. The Morgan fingerprint density at radius 2 is 1.66 bits per heavy atom. The molecule has 6 heterocycles. The van der Waals surface area contributed by atoms with Crippen LogP contribution in [0.5, 0.6) is 5.75 Å². The van der Waals surface area contributed by atoms with Crippen LogP contribution < -0.4 is 15.4 Å². The smallest absolute Gasteiger partial charge is 0.249 e. The van der Waals surface area contributed by atoms with Gasteiger partial charge in [0.25, 0.3) is 0 Å². The van der Waals surface area contributed by atoms with Gasteiger partial charge < -0.3 is 29.3 Å². The summed E-state index contributed by atoms with van der Waals surface area (Å²) >= 11 is 0. The van der Waals surface area contributed by atoms with E-state index in [1.807, 2.05) is 68.4 Å². The van der Waals surface area contributed by atoms with E-state index in [2.05, 4.69) is 53.1 Å². The number of aliphatic hydroxyl groups is 1. The van der Waals surface area contributed by atoms with Gasteiger partial charge in [0.2, 0.25) is 17.7 Å². The van der Waals surface area contributed by atoms with Crippen molar-refractivity contribution in [3.05, 3.63) is 184 Å². The van der Waals surface area contributed by atoms with E-state index < -0.39 is 47.3 Å². The summed E-state index contributed by atoms with van der Waals surface area (Å²) in [6.07, 6.45) is 2.26. The number of carbonyl (C=O) groups excluding carboxylic acids is 3. The van der Waals surface area contributed by atoms with Crippen molar-refractivity contribution in [3.63, 3.8) is 0 Å². The quantitative estimate of drug-likeness (QED) is 0.120. The summed E-state index contributed by atoms with van der Waals surface area (Å²) in [6, 6.07) is 35.8. The topological polar surface area (TPSA) is 157 Å². The van der Waals surface area contributed by atoms with Gasteiger partial charge in [0.1, 0.15) is 23.3 Å². The van der Waals surface area contributed by atoms with Crippen LogP contribution in [0.15, 0.2) is 136 Å². The molecule has 1 amide bonds. The predicted octanol–water partition coefficient (Wildman–Crippen LogP) is 9.14. The van der Waals surface area contributed by atoms with Gasteiger partial charge in [-0.15, -0.1) is 0 Å². The number of aliphatic hydroxyl groups excluding tert-OH is 1. The number of carbonyl (C=O) groups is 3. The number of allylic oxidation sites excluding steroid dienone is 1. The van der Waals surface area contributed by atoms with Crippen molar-refractivity contribution in [1.29, 1.82) is 0 Å². The van der Waals surface area contributed by atoms with E-state index in [0.29, 0.717) is 34.1 Å². The zero-order chi connectivity index (χ0) is 44.1. The van der Waals surface area contributed by atoms with Crippen LogP contribution in [-0.2, 0) is 27.8 Å². The Balaban J connectivity index is 0.998. The predicted molar refractivity (Wildman–Crippen MR) is 242 cm³/mol. The van der Waals surface area contributed by atoms with Gasteiger partial charge in [0, 0.05) is 58.2 Å². The first-order chi connectivity index (χ1) is 31.7. The summed E-state index contributed by atoms with van der Waals surface area (Å²) in [5, 5.41) is 19.0. The van der Waals surface area contributed by atoms with Crippen LogP contribution in [0.1, 0.15) is 99.8 Å². The first-order valence-corrected chi connectivity index (χ1v) is 22.3. The third-order valence-electron chi connectivity index (χ3n) is 14.1. The van der Waals surface area contributed by atoms with E-state index >= 15 is 0 Å². The highest BCUT2D eigenvalue weighted by Crippen LogP contribution is 2.61. The maximum absolute atomic E-state index is 14.8. The largest absolute Gasteiger partial charge is 0.469 e. The number of ketones is 2. The number of ether oxygens (including phenoxy) is 1. The van der Waals surface area contributed by atoms with Crippen LogP contribution in [0, 0.1) is 11.8 Å². The number of rotatable bonds is 9.